The Balaban J connectivity index is 1.91. The highest BCUT2D eigenvalue weighted by Crippen LogP contribution is 2.18. The molecule has 6 heteroatoms. The summed E-state index contributed by atoms with van der Waals surface area (Å²) >= 11 is 1.27. The van der Waals surface area contributed by atoms with Gasteiger partial charge in [0.1, 0.15) is 5.82 Å². The van der Waals surface area contributed by atoms with Crippen LogP contribution in [-0.2, 0) is 0 Å². The van der Waals surface area contributed by atoms with Crippen LogP contribution in [0.15, 0.2) is 53.3 Å². The first-order valence-corrected chi connectivity index (χ1v) is 8.16. The van der Waals surface area contributed by atoms with Crippen molar-refractivity contribution < 1.29 is 4.39 Å². The second-order valence-electron chi connectivity index (χ2n) is 5.48. The fourth-order valence-electron chi connectivity index (χ4n) is 2.54. The molecule has 0 aliphatic carbocycles. The van der Waals surface area contributed by atoms with E-state index in [-0.39, 0.29) is 11.4 Å². The summed E-state index contributed by atoms with van der Waals surface area (Å²) in [5.41, 5.74) is 2.54. The molecule has 0 radical (unpaired) electrons. The largest absolute Gasteiger partial charge is 0.276 e. The van der Waals surface area contributed by atoms with E-state index in [1.54, 1.807) is 18.2 Å². The predicted molar refractivity (Wildman–Crippen MR) is 92.5 cm³/mol. The van der Waals surface area contributed by atoms with Crippen LogP contribution in [0.5, 0.6) is 0 Å². The molecule has 2 aromatic carbocycles. The highest BCUT2D eigenvalue weighted by Gasteiger charge is 2.14. The molecular weight excluding hydrogens is 325 g/mol. The second-order valence-corrected chi connectivity index (χ2v) is 6.49. The lowest BCUT2D eigenvalue weighted by Gasteiger charge is -1.98. The number of benzene rings is 2. The Kier molecular flexibility index (Phi) is 3.46. The summed E-state index contributed by atoms with van der Waals surface area (Å²) in [6.45, 7) is 1.99. The molecule has 0 saturated carbocycles. The number of aryl methyl sites for hydroxylation is 1. The van der Waals surface area contributed by atoms with Gasteiger partial charge in [-0.05, 0) is 36.8 Å². The molecular formula is C18H12FN3OS. The van der Waals surface area contributed by atoms with E-state index in [0.29, 0.717) is 15.3 Å². The zero-order valence-corrected chi connectivity index (χ0v) is 13.5. The minimum absolute atomic E-state index is 0.166. The van der Waals surface area contributed by atoms with Crippen LogP contribution in [-0.4, -0.2) is 14.6 Å². The average molecular weight is 337 g/mol. The Morgan fingerprint density at radius 1 is 1.12 bits per heavy atom. The van der Waals surface area contributed by atoms with Crippen LogP contribution < -0.4 is 10.1 Å². The highest BCUT2D eigenvalue weighted by molar-refractivity contribution is 7.15. The molecule has 0 unspecified atom stereocenters. The molecule has 2 heterocycles. The zero-order chi connectivity index (χ0) is 16.7. The Labute approximate surface area is 140 Å². The standard InChI is InChI=1S/C18H12FN3OS/c1-11-3-2-4-13(9-11)16-20-21-18-22(16)17(23)15(24-18)10-12-5-7-14(19)8-6-12/h2-10H,1H3/b15-10-. The minimum atomic E-state index is -0.304. The van der Waals surface area contributed by atoms with Crippen molar-refractivity contribution in [3.63, 3.8) is 0 Å². The van der Waals surface area contributed by atoms with Crippen LogP contribution in [0, 0.1) is 12.7 Å². The summed E-state index contributed by atoms with van der Waals surface area (Å²) in [5, 5.41) is 8.26. The molecule has 0 spiro atoms. The average Bonchev–Trinajstić information content (AvgIpc) is 3.11. The van der Waals surface area contributed by atoms with Gasteiger partial charge in [-0.2, -0.15) is 0 Å². The molecule has 0 fully saturated rings. The molecule has 0 N–H and O–H groups in total. The molecule has 0 aliphatic heterocycles. The van der Waals surface area contributed by atoms with Crippen molar-refractivity contribution in [3.05, 3.63) is 80.4 Å². The third-order valence-corrected chi connectivity index (χ3v) is 4.65. The van der Waals surface area contributed by atoms with Gasteiger partial charge in [0, 0.05) is 5.56 Å². The van der Waals surface area contributed by atoms with Gasteiger partial charge in [0.2, 0.25) is 4.96 Å². The van der Waals surface area contributed by atoms with E-state index in [9.17, 15) is 9.18 Å². The van der Waals surface area contributed by atoms with Crippen LogP contribution in [0.4, 0.5) is 4.39 Å². The van der Waals surface area contributed by atoms with Gasteiger partial charge in [0.25, 0.3) is 5.56 Å². The number of halogens is 1. The van der Waals surface area contributed by atoms with Crippen LogP contribution in [0.25, 0.3) is 22.4 Å². The summed E-state index contributed by atoms with van der Waals surface area (Å²) in [6, 6.07) is 13.8. The molecule has 4 aromatic rings. The molecule has 4 rings (SSSR count). The lowest BCUT2D eigenvalue weighted by molar-refractivity contribution is 0.628. The third-order valence-electron chi connectivity index (χ3n) is 3.69. The Bertz CT molecular complexity index is 1150. The van der Waals surface area contributed by atoms with Gasteiger partial charge in [-0.1, -0.05) is 47.2 Å². The Hall–Kier alpha value is -2.86. The van der Waals surface area contributed by atoms with Crippen molar-refractivity contribution in [3.8, 4) is 11.4 Å². The summed E-state index contributed by atoms with van der Waals surface area (Å²) in [5.74, 6) is 0.232. The SMILES string of the molecule is Cc1cccc(-c2nnc3s/c(=C\c4ccc(F)cc4)c(=O)n23)c1. The maximum Gasteiger partial charge on any atom is 0.276 e. The monoisotopic (exact) mass is 337 g/mol. The van der Waals surface area contributed by atoms with Crippen molar-refractivity contribution >= 4 is 22.4 Å². The van der Waals surface area contributed by atoms with Crippen LogP contribution in [0.2, 0.25) is 0 Å². The number of rotatable bonds is 2. The number of hydrogen-bond acceptors (Lipinski definition) is 4. The van der Waals surface area contributed by atoms with Gasteiger partial charge in [0.05, 0.1) is 4.53 Å². The van der Waals surface area contributed by atoms with E-state index in [4.69, 9.17) is 0 Å². The van der Waals surface area contributed by atoms with Crippen LogP contribution >= 0.6 is 11.3 Å². The van der Waals surface area contributed by atoms with Crippen molar-refractivity contribution in [1.29, 1.82) is 0 Å². The molecule has 0 atom stereocenters. The first kappa shape index (κ1) is 14.7. The van der Waals surface area contributed by atoms with E-state index in [2.05, 4.69) is 10.2 Å². The fraction of sp³-hybridized carbons (Fsp3) is 0.0556. The third kappa shape index (κ3) is 2.51. The summed E-state index contributed by atoms with van der Waals surface area (Å²) in [7, 11) is 0. The highest BCUT2D eigenvalue weighted by atomic mass is 32.1. The minimum Gasteiger partial charge on any atom is -0.267 e. The van der Waals surface area contributed by atoms with Crippen LogP contribution in [0.1, 0.15) is 11.1 Å². The van der Waals surface area contributed by atoms with Gasteiger partial charge >= 0.3 is 0 Å². The van der Waals surface area contributed by atoms with E-state index in [1.807, 2.05) is 31.2 Å². The van der Waals surface area contributed by atoms with E-state index in [1.165, 1.54) is 27.9 Å². The second kappa shape index (κ2) is 5.65. The Morgan fingerprint density at radius 2 is 1.92 bits per heavy atom. The molecule has 0 aliphatic rings. The quantitative estimate of drug-likeness (QED) is 0.565. The van der Waals surface area contributed by atoms with Crippen molar-refractivity contribution in [2.75, 3.05) is 0 Å². The molecule has 2 aromatic heterocycles. The van der Waals surface area contributed by atoms with E-state index < -0.39 is 0 Å². The number of fused-ring (bicyclic) bond motifs is 1. The molecule has 0 bridgehead atoms. The van der Waals surface area contributed by atoms with E-state index in [0.717, 1.165) is 16.7 Å². The van der Waals surface area contributed by atoms with Crippen molar-refractivity contribution in [1.82, 2.24) is 14.6 Å². The van der Waals surface area contributed by atoms with Crippen molar-refractivity contribution in [2.24, 2.45) is 0 Å². The van der Waals surface area contributed by atoms with Gasteiger partial charge in [-0.25, -0.2) is 8.79 Å². The predicted octanol–water partition coefficient (Wildman–Crippen LogP) is 2.81. The van der Waals surface area contributed by atoms with E-state index >= 15 is 0 Å². The normalized spacial score (nSPS) is 12.2. The lowest BCUT2D eigenvalue weighted by atomic mass is 10.1. The number of hydrogen-bond donors (Lipinski definition) is 0. The first-order valence-electron chi connectivity index (χ1n) is 7.34. The first-order chi connectivity index (χ1) is 11.6. The number of aromatic nitrogens is 3. The lowest BCUT2D eigenvalue weighted by Crippen LogP contribution is -2.23. The molecule has 118 valence electrons. The summed E-state index contributed by atoms with van der Waals surface area (Å²) in [6.07, 6.45) is 1.74. The fourth-order valence-corrected chi connectivity index (χ4v) is 3.46. The van der Waals surface area contributed by atoms with Gasteiger partial charge in [-0.15, -0.1) is 10.2 Å². The Morgan fingerprint density at radius 3 is 2.67 bits per heavy atom. The van der Waals surface area contributed by atoms with Gasteiger partial charge in [-0.3, -0.25) is 4.79 Å². The van der Waals surface area contributed by atoms with Gasteiger partial charge < -0.3 is 0 Å². The van der Waals surface area contributed by atoms with Crippen molar-refractivity contribution in [2.45, 2.75) is 6.92 Å². The molecule has 24 heavy (non-hydrogen) atoms. The summed E-state index contributed by atoms with van der Waals surface area (Å²) < 4.78 is 15.1. The number of nitrogens with zero attached hydrogens (tertiary/aromatic N) is 3. The van der Waals surface area contributed by atoms with Crippen LogP contribution in [0.3, 0.4) is 0 Å². The number of thiazole rings is 1. The van der Waals surface area contributed by atoms with Gasteiger partial charge in [0.15, 0.2) is 5.82 Å². The molecule has 4 nitrogen and oxygen atoms in total. The maximum atomic E-state index is 13.0. The summed E-state index contributed by atoms with van der Waals surface area (Å²) in [4.78, 5) is 13.3. The smallest absolute Gasteiger partial charge is 0.267 e. The molecule has 0 amide bonds. The maximum absolute atomic E-state index is 13.0. The topological polar surface area (TPSA) is 47.3 Å². The molecule has 0 saturated heterocycles. The zero-order valence-electron chi connectivity index (χ0n) is 12.7.